The fourth-order valence-corrected chi connectivity index (χ4v) is 3.26. The fourth-order valence-electron chi connectivity index (χ4n) is 2.86. The van der Waals surface area contributed by atoms with Crippen molar-refractivity contribution in [3.63, 3.8) is 0 Å². The van der Waals surface area contributed by atoms with E-state index in [1.807, 2.05) is 55.5 Å². The van der Waals surface area contributed by atoms with Crippen LogP contribution in [0.25, 0.3) is 0 Å². The molecule has 0 aromatic heterocycles. The molecule has 5 nitrogen and oxygen atoms in total. The van der Waals surface area contributed by atoms with Gasteiger partial charge in [0.2, 0.25) is 0 Å². The van der Waals surface area contributed by atoms with E-state index in [-0.39, 0.29) is 19.1 Å². The van der Waals surface area contributed by atoms with Crippen LogP contribution >= 0.6 is 15.9 Å². The molecule has 1 N–H and O–H groups in total. The van der Waals surface area contributed by atoms with Crippen LogP contribution < -0.4 is 10.1 Å². The summed E-state index contributed by atoms with van der Waals surface area (Å²) in [5, 5.41) is 2.79. The number of ether oxygens (including phenoxy) is 1. The van der Waals surface area contributed by atoms with Crippen molar-refractivity contribution in [2.75, 3.05) is 13.2 Å². The summed E-state index contributed by atoms with van der Waals surface area (Å²) in [5.74, 6) is 0.480. The van der Waals surface area contributed by atoms with E-state index in [2.05, 4.69) is 21.2 Å². The molecule has 2 aromatic carbocycles. The largest absolute Gasteiger partial charge is 0.491 e. The number of benzene rings is 2. The number of nitrogens with zero attached hydrogens (tertiary/aromatic N) is 1. The minimum Gasteiger partial charge on any atom is -0.491 e. The smallest absolute Gasteiger partial charge is 0.325 e. The molecular formula is C19H19BrN2O3. The number of para-hydroxylation sites is 1. The number of nitrogens with one attached hydrogen (secondary N) is 1. The summed E-state index contributed by atoms with van der Waals surface area (Å²) in [6, 6.07) is 14.6. The van der Waals surface area contributed by atoms with Crippen molar-refractivity contribution in [1.29, 1.82) is 0 Å². The summed E-state index contributed by atoms with van der Waals surface area (Å²) < 4.78 is 6.56. The van der Waals surface area contributed by atoms with Crippen LogP contribution in [0.1, 0.15) is 18.1 Å². The fraction of sp³-hybridized carbons (Fsp3) is 0.263. The zero-order valence-electron chi connectivity index (χ0n) is 14.1. The van der Waals surface area contributed by atoms with Crippen molar-refractivity contribution in [3.8, 4) is 5.75 Å². The van der Waals surface area contributed by atoms with Crippen LogP contribution in [0, 0.1) is 6.92 Å². The molecular weight excluding hydrogens is 384 g/mol. The van der Waals surface area contributed by atoms with Crippen molar-refractivity contribution < 1.29 is 14.3 Å². The van der Waals surface area contributed by atoms with Gasteiger partial charge in [0.05, 0.1) is 6.54 Å². The van der Waals surface area contributed by atoms with Crippen LogP contribution in [-0.2, 0) is 10.3 Å². The molecule has 1 heterocycles. The van der Waals surface area contributed by atoms with E-state index >= 15 is 0 Å². The van der Waals surface area contributed by atoms with Gasteiger partial charge in [-0.1, -0.05) is 46.3 Å². The standard InChI is InChI=1S/C19H19BrN2O3/c1-13-6-3-4-9-16(13)25-11-10-22-17(23)19(2,21-18(22)24)14-7-5-8-15(20)12-14/h3-9,12H,10-11H2,1-2H3,(H,21,24)/t19-/m1/s1. The topological polar surface area (TPSA) is 58.6 Å². The number of hydrogen-bond acceptors (Lipinski definition) is 3. The summed E-state index contributed by atoms with van der Waals surface area (Å²) in [4.78, 5) is 26.3. The molecule has 3 amide bonds. The van der Waals surface area contributed by atoms with Crippen LogP contribution in [-0.4, -0.2) is 30.0 Å². The minimum absolute atomic E-state index is 0.197. The van der Waals surface area contributed by atoms with E-state index in [0.29, 0.717) is 0 Å². The molecule has 1 saturated heterocycles. The number of hydrogen-bond donors (Lipinski definition) is 1. The number of amides is 3. The third kappa shape index (κ3) is 3.39. The summed E-state index contributed by atoms with van der Waals surface area (Å²) >= 11 is 3.40. The monoisotopic (exact) mass is 402 g/mol. The highest BCUT2D eigenvalue weighted by Crippen LogP contribution is 2.30. The van der Waals surface area contributed by atoms with E-state index in [1.54, 1.807) is 6.92 Å². The van der Waals surface area contributed by atoms with Crippen LogP contribution in [0.5, 0.6) is 5.75 Å². The highest BCUT2D eigenvalue weighted by Gasteiger charge is 2.48. The van der Waals surface area contributed by atoms with Crippen LogP contribution in [0.3, 0.4) is 0 Å². The van der Waals surface area contributed by atoms with Gasteiger partial charge in [-0.05, 0) is 43.2 Å². The molecule has 1 aliphatic rings. The van der Waals surface area contributed by atoms with Gasteiger partial charge in [0.25, 0.3) is 5.91 Å². The van der Waals surface area contributed by atoms with E-state index in [9.17, 15) is 9.59 Å². The number of carbonyl (C=O) groups is 2. The molecule has 0 aliphatic carbocycles. The van der Waals surface area contributed by atoms with Gasteiger partial charge in [0.15, 0.2) is 0 Å². The first-order valence-electron chi connectivity index (χ1n) is 8.00. The zero-order valence-corrected chi connectivity index (χ0v) is 15.7. The van der Waals surface area contributed by atoms with E-state index in [4.69, 9.17) is 4.74 Å². The maximum atomic E-state index is 12.8. The third-order valence-corrected chi connectivity index (χ3v) is 4.84. The molecule has 0 bridgehead atoms. The summed E-state index contributed by atoms with van der Waals surface area (Å²) in [5.41, 5.74) is 0.685. The van der Waals surface area contributed by atoms with E-state index in [1.165, 1.54) is 4.90 Å². The molecule has 0 unspecified atom stereocenters. The SMILES string of the molecule is Cc1ccccc1OCCN1C(=O)N[C@](C)(c2cccc(Br)c2)C1=O. The van der Waals surface area contributed by atoms with Crippen molar-refractivity contribution >= 4 is 27.9 Å². The molecule has 1 atom stereocenters. The lowest BCUT2D eigenvalue weighted by Gasteiger charge is -2.22. The Balaban J connectivity index is 1.70. The van der Waals surface area contributed by atoms with Gasteiger partial charge in [-0.15, -0.1) is 0 Å². The predicted octanol–water partition coefficient (Wildman–Crippen LogP) is 3.60. The summed E-state index contributed by atoms with van der Waals surface area (Å²) in [6.07, 6.45) is 0. The maximum absolute atomic E-state index is 12.8. The van der Waals surface area contributed by atoms with E-state index in [0.717, 1.165) is 21.3 Å². The van der Waals surface area contributed by atoms with Crippen LogP contribution in [0.4, 0.5) is 4.79 Å². The Hall–Kier alpha value is -2.34. The van der Waals surface area contributed by atoms with Gasteiger partial charge in [-0.25, -0.2) is 4.79 Å². The molecule has 25 heavy (non-hydrogen) atoms. The van der Waals surface area contributed by atoms with Crippen molar-refractivity contribution in [2.45, 2.75) is 19.4 Å². The van der Waals surface area contributed by atoms with Gasteiger partial charge in [0.1, 0.15) is 17.9 Å². The van der Waals surface area contributed by atoms with Gasteiger partial charge in [-0.2, -0.15) is 0 Å². The van der Waals surface area contributed by atoms with Crippen molar-refractivity contribution in [2.24, 2.45) is 0 Å². The third-order valence-electron chi connectivity index (χ3n) is 4.34. The van der Waals surface area contributed by atoms with Gasteiger partial charge < -0.3 is 10.1 Å². The highest BCUT2D eigenvalue weighted by molar-refractivity contribution is 9.10. The van der Waals surface area contributed by atoms with Crippen molar-refractivity contribution in [3.05, 3.63) is 64.1 Å². The molecule has 3 rings (SSSR count). The Bertz CT molecular complexity index is 824. The number of rotatable bonds is 5. The van der Waals surface area contributed by atoms with Crippen LogP contribution in [0.15, 0.2) is 53.0 Å². The van der Waals surface area contributed by atoms with Crippen molar-refractivity contribution in [1.82, 2.24) is 10.2 Å². The average Bonchev–Trinajstić information content (AvgIpc) is 2.80. The second-order valence-electron chi connectivity index (χ2n) is 6.14. The lowest BCUT2D eigenvalue weighted by atomic mass is 9.92. The summed E-state index contributed by atoms with van der Waals surface area (Å²) in [6.45, 7) is 4.12. The Morgan fingerprint density at radius 3 is 2.64 bits per heavy atom. The minimum atomic E-state index is -1.07. The second kappa shape index (κ2) is 6.88. The molecule has 0 radical (unpaired) electrons. The average molecular weight is 403 g/mol. The number of urea groups is 1. The Morgan fingerprint density at radius 1 is 1.16 bits per heavy atom. The van der Waals surface area contributed by atoms with Crippen LogP contribution in [0.2, 0.25) is 0 Å². The van der Waals surface area contributed by atoms with Gasteiger partial charge in [0, 0.05) is 4.47 Å². The molecule has 2 aromatic rings. The molecule has 130 valence electrons. The normalized spacial score (nSPS) is 19.9. The first-order valence-corrected chi connectivity index (χ1v) is 8.80. The zero-order chi connectivity index (χ0) is 18.0. The molecule has 0 saturated carbocycles. The Morgan fingerprint density at radius 2 is 1.92 bits per heavy atom. The second-order valence-corrected chi connectivity index (χ2v) is 7.05. The molecule has 0 spiro atoms. The first kappa shape index (κ1) is 17.5. The molecule has 6 heteroatoms. The first-order chi connectivity index (χ1) is 11.9. The summed E-state index contributed by atoms with van der Waals surface area (Å²) in [7, 11) is 0. The quantitative estimate of drug-likeness (QED) is 0.777. The van der Waals surface area contributed by atoms with Gasteiger partial charge in [-0.3, -0.25) is 9.69 Å². The predicted molar refractivity (Wildman–Crippen MR) is 98.4 cm³/mol. The maximum Gasteiger partial charge on any atom is 0.325 e. The number of carbonyl (C=O) groups excluding carboxylic acids is 2. The lowest BCUT2D eigenvalue weighted by molar-refractivity contribution is -0.131. The van der Waals surface area contributed by atoms with Gasteiger partial charge >= 0.3 is 6.03 Å². The number of aryl methyl sites for hydroxylation is 1. The Kier molecular flexibility index (Phi) is 4.81. The molecule has 1 fully saturated rings. The van der Waals surface area contributed by atoms with E-state index < -0.39 is 11.6 Å². The molecule has 1 aliphatic heterocycles. The Labute approximate surface area is 155 Å². The number of imide groups is 1. The lowest BCUT2D eigenvalue weighted by Crippen LogP contribution is -2.41. The number of halogens is 1. The highest BCUT2D eigenvalue weighted by atomic mass is 79.9.